The maximum Gasteiger partial charge on any atom is 0.139 e. The molecular formula is C18H19Cl2N3. The van der Waals surface area contributed by atoms with Gasteiger partial charge in [0.2, 0.25) is 0 Å². The van der Waals surface area contributed by atoms with Gasteiger partial charge in [-0.2, -0.15) is 0 Å². The van der Waals surface area contributed by atoms with Gasteiger partial charge in [0.05, 0.1) is 5.02 Å². The molecule has 3 nitrogen and oxygen atoms in total. The fraction of sp³-hybridized carbons (Fsp3) is 0.278. The fourth-order valence-electron chi connectivity index (χ4n) is 2.57. The standard InChI is InChI=1S/C18H19Cl2N3/c1-3-4-9-21-18-17(14-7-6-13(19)10-15(14)20)22-16-8-5-12(2)11-23(16)18/h5-8,10-11,21H,3-4,9H2,1-2H3. The van der Waals surface area contributed by atoms with E-state index in [1.807, 2.05) is 18.2 Å². The summed E-state index contributed by atoms with van der Waals surface area (Å²) in [7, 11) is 0. The third-order valence-electron chi connectivity index (χ3n) is 3.78. The van der Waals surface area contributed by atoms with Gasteiger partial charge in [-0.25, -0.2) is 4.98 Å². The first-order chi connectivity index (χ1) is 11.1. The second kappa shape index (κ2) is 6.81. The van der Waals surface area contributed by atoms with Crippen LogP contribution in [0, 0.1) is 6.92 Å². The molecule has 1 aromatic carbocycles. The van der Waals surface area contributed by atoms with Crippen LogP contribution in [-0.4, -0.2) is 15.9 Å². The number of nitrogens with zero attached hydrogens (tertiary/aromatic N) is 2. The average molecular weight is 348 g/mol. The van der Waals surface area contributed by atoms with E-state index in [0.717, 1.165) is 42.1 Å². The Bertz CT molecular complexity index is 840. The lowest BCUT2D eigenvalue weighted by molar-refractivity contribution is 0.830. The summed E-state index contributed by atoms with van der Waals surface area (Å²) < 4.78 is 2.09. The van der Waals surface area contributed by atoms with Gasteiger partial charge in [-0.1, -0.05) is 42.6 Å². The molecule has 0 aliphatic carbocycles. The summed E-state index contributed by atoms with van der Waals surface area (Å²) in [6, 6.07) is 9.60. The summed E-state index contributed by atoms with van der Waals surface area (Å²) in [6.07, 6.45) is 4.33. The normalized spacial score (nSPS) is 11.1. The topological polar surface area (TPSA) is 29.3 Å². The van der Waals surface area contributed by atoms with Crippen molar-refractivity contribution in [1.82, 2.24) is 9.38 Å². The number of aryl methyl sites for hydroxylation is 1. The molecule has 0 bridgehead atoms. The zero-order chi connectivity index (χ0) is 16.4. The van der Waals surface area contributed by atoms with Crippen LogP contribution in [0.4, 0.5) is 5.82 Å². The van der Waals surface area contributed by atoms with Gasteiger partial charge in [0.1, 0.15) is 17.2 Å². The Balaban J connectivity index is 2.16. The third kappa shape index (κ3) is 3.31. The lowest BCUT2D eigenvalue weighted by Gasteiger charge is -2.09. The van der Waals surface area contributed by atoms with Crippen molar-refractivity contribution in [3.63, 3.8) is 0 Å². The van der Waals surface area contributed by atoms with Crippen LogP contribution in [0.5, 0.6) is 0 Å². The SMILES string of the molecule is CCCCNc1c(-c2ccc(Cl)cc2Cl)nc2ccc(C)cn12. The minimum absolute atomic E-state index is 0.608. The highest BCUT2D eigenvalue weighted by atomic mass is 35.5. The van der Waals surface area contributed by atoms with Gasteiger partial charge in [0.25, 0.3) is 0 Å². The van der Waals surface area contributed by atoms with Crippen LogP contribution in [0.3, 0.4) is 0 Å². The molecule has 0 amide bonds. The molecule has 0 unspecified atom stereocenters. The Kier molecular flexibility index (Phi) is 4.79. The van der Waals surface area contributed by atoms with E-state index in [9.17, 15) is 0 Å². The van der Waals surface area contributed by atoms with Crippen molar-refractivity contribution < 1.29 is 0 Å². The average Bonchev–Trinajstić information content (AvgIpc) is 2.85. The van der Waals surface area contributed by atoms with E-state index < -0.39 is 0 Å². The molecule has 23 heavy (non-hydrogen) atoms. The molecule has 0 aliphatic rings. The Hall–Kier alpha value is -1.71. The van der Waals surface area contributed by atoms with Gasteiger partial charge in [-0.05, 0) is 43.2 Å². The molecule has 2 heterocycles. The van der Waals surface area contributed by atoms with Crippen LogP contribution in [0.2, 0.25) is 10.0 Å². The van der Waals surface area contributed by atoms with Crippen molar-refractivity contribution in [3.8, 4) is 11.3 Å². The van der Waals surface area contributed by atoms with E-state index >= 15 is 0 Å². The zero-order valence-electron chi connectivity index (χ0n) is 13.2. The molecule has 0 radical (unpaired) electrons. The zero-order valence-corrected chi connectivity index (χ0v) is 14.7. The molecule has 0 saturated carbocycles. The fourth-order valence-corrected chi connectivity index (χ4v) is 3.07. The number of hydrogen-bond donors (Lipinski definition) is 1. The van der Waals surface area contributed by atoms with Gasteiger partial charge in [0.15, 0.2) is 0 Å². The number of nitrogens with one attached hydrogen (secondary N) is 1. The number of halogens is 2. The van der Waals surface area contributed by atoms with Crippen LogP contribution in [-0.2, 0) is 0 Å². The number of pyridine rings is 1. The number of aromatic nitrogens is 2. The maximum absolute atomic E-state index is 6.39. The molecule has 3 aromatic rings. The summed E-state index contributed by atoms with van der Waals surface area (Å²) in [6.45, 7) is 5.15. The lowest BCUT2D eigenvalue weighted by atomic mass is 10.1. The van der Waals surface area contributed by atoms with E-state index in [1.165, 1.54) is 5.56 Å². The summed E-state index contributed by atoms with van der Waals surface area (Å²) in [5, 5.41) is 4.75. The van der Waals surface area contributed by atoms with Crippen LogP contribution in [0.1, 0.15) is 25.3 Å². The van der Waals surface area contributed by atoms with Gasteiger partial charge in [-0.3, -0.25) is 4.40 Å². The molecule has 0 spiro atoms. The largest absolute Gasteiger partial charge is 0.369 e. The second-order valence-electron chi connectivity index (χ2n) is 5.65. The molecule has 2 aromatic heterocycles. The molecule has 0 atom stereocenters. The van der Waals surface area contributed by atoms with Crippen LogP contribution in [0.15, 0.2) is 36.5 Å². The molecule has 5 heteroatoms. The number of benzene rings is 1. The highest BCUT2D eigenvalue weighted by Crippen LogP contribution is 2.35. The van der Waals surface area contributed by atoms with Crippen molar-refractivity contribution >= 4 is 34.7 Å². The second-order valence-corrected chi connectivity index (χ2v) is 6.49. The Morgan fingerprint density at radius 2 is 2.00 bits per heavy atom. The smallest absolute Gasteiger partial charge is 0.139 e. The Morgan fingerprint density at radius 3 is 2.74 bits per heavy atom. The van der Waals surface area contributed by atoms with Gasteiger partial charge >= 0.3 is 0 Å². The first kappa shape index (κ1) is 16.2. The van der Waals surface area contributed by atoms with E-state index in [2.05, 4.69) is 35.8 Å². The van der Waals surface area contributed by atoms with Crippen molar-refractivity contribution in [1.29, 1.82) is 0 Å². The third-order valence-corrected chi connectivity index (χ3v) is 4.32. The number of unbranched alkanes of at least 4 members (excludes halogenated alkanes) is 1. The molecule has 0 saturated heterocycles. The molecule has 0 fully saturated rings. The first-order valence-corrected chi connectivity index (χ1v) is 8.53. The first-order valence-electron chi connectivity index (χ1n) is 7.78. The molecular weight excluding hydrogens is 329 g/mol. The Morgan fingerprint density at radius 1 is 1.17 bits per heavy atom. The molecule has 1 N–H and O–H groups in total. The number of hydrogen-bond acceptors (Lipinski definition) is 2. The van der Waals surface area contributed by atoms with Crippen LogP contribution < -0.4 is 5.32 Å². The predicted molar refractivity (Wildman–Crippen MR) is 98.8 cm³/mol. The van der Waals surface area contributed by atoms with E-state index in [1.54, 1.807) is 6.07 Å². The minimum atomic E-state index is 0.608. The van der Waals surface area contributed by atoms with Gasteiger partial charge in [0, 0.05) is 23.3 Å². The maximum atomic E-state index is 6.39. The minimum Gasteiger partial charge on any atom is -0.369 e. The summed E-state index contributed by atoms with van der Waals surface area (Å²) in [4.78, 5) is 4.77. The number of imidazole rings is 1. The summed E-state index contributed by atoms with van der Waals surface area (Å²) in [5.41, 5.74) is 3.82. The van der Waals surface area contributed by atoms with Gasteiger partial charge in [-0.15, -0.1) is 0 Å². The molecule has 120 valence electrons. The lowest BCUT2D eigenvalue weighted by Crippen LogP contribution is -2.05. The molecule has 0 aliphatic heterocycles. The van der Waals surface area contributed by atoms with Crippen molar-refractivity contribution in [2.24, 2.45) is 0 Å². The van der Waals surface area contributed by atoms with Crippen LogP contribution in [0.25, 0.3) is 16.9 Å². The number of rotatable bonds is 5. The van der Waals surface area contributed by atoms with Gasteiger partial charge < -0.3 is 5.32 Å². The monoisotopic (exact) mass is 347 g/mol. The van der Waals surface area contributed by atoms with Crippen LogP contribution >= 0.6 is 23.2 Å². The number of anilines is 1. The van der Waals surface area contributed by atoms with E-state index in [4.69, 9.17) is 28.2 Å². The van der Waals surface area contributed by atoms with E-state index in [-0.39, 0.29) is 0 Å². The highest BCUT2D eigenvalue weighted by Gasteiger charge is 2.16. The predicted octanol–water partition coefficient (Wildman–Crippen LogP) is 5.83. The summed E-state index contributed by atoms with van der Waals surface area (Å²) >= 11 is 12.4. The Labute approximate surface area is 146 Å². The highest BCUT2D eigenvalue weighted by molar-refractivity contribution is 6.36. The quantitative estimate of drug-likeness (QED) is 0.588. The molecule has 3 rings (SSSR count). The van der Waals surface area contributed by atoms with E-state index in [0.29, 0.717) is 10.0 Å². The summed E-state index contributed by atoms with van der Waals surface area (Å²) in [5.74, 6) is 0.973. The van der Waals surface area contributed by atoms with Crippen molar-refractivity contribution in [2.45, 2.75) is 26.7 Å². The van der Waals surface area contributed by atoms with Crippen molar-refractivity contribution in [3.05, 3.63) is 52.1 Å². The number of fused-ring (bicyclic) bond motifs is 1. The van der Waals surface area contributed by atoms with Crippen molar-refractivity contribution in [2.75, 3.05) is 11.9 Å².